The second-order valence-electron chi connectivity index (χ2n) is 2.76. The summed E-state index contributed by atoms with van der Waals surface area (Å²) < 4.78 is 31.3. The molecule has 1 aromatic rings. The highest BCUT2D eigenvalue weighted by molar-refractivity contribution is 5.89. The number of nitrogens with two attached hydrogens (primary N) is 1. The fraction of sp³-hybridized carbons (Fsp3) is 0.222. The van der Waals surface area contributed by atoms with Crippen molar-refractivity contribution in [3.05, 3.63) is 22.8 Å². The zero-order valence-corrected chi connectivity index (χ0v) is 7.82. The molecule has 0 saturated heterocycles. The van der Waals surface area contributed by atoms with Crippen molar-refractivity contribution >= 4 is 11.9 Å². The van der Waals surface area contributed by atoms with E-state index in [0.717, 1.165) is 6.21 Å². The number of halogens is 2. The molecule has 0 radical (unpaired) electrons. The molecule has 0 atom stereocenters. The van der Waals surface area contributed by atoms with Gasteiger partial charge in [-0.3, -0.25) is 0 Å². The first-order valence-corrected chi connectivity index (χ1v) is 3.86. The minimum Gasteiger partial charge on any atom is -0.493 e. The minimum absolute atomic E-state index is 0.0758. The molecule has 0 fully saturated rings. The Morgan fingerprint density at radius 2 is 1.93 bits per heavy atom. The Bertz CT molecular complexity index is 391. The quantitative estimate of drug-likeness (QED) is 0.565. The van der Waals surface area contributed by atoms with Crippen LogP contribution in [0.1, 0.15) is 11.1 Å². The summed E-state index contributed by atoms with van der Waals surface area (Å²) in [4.78, 5) is 0. The molecule has 1 aromatic carbocycles. The molecule has 0 spiro atoms. The number of methoxy groups -OCH3 is 1. The van der Waals surface area contributed by atoms with Crippen LogP contribution in [0.25, 0.3) is 0 Å². The van der Waals surface area contributed by atoms with Crippen LogP contribution in [0.3, 0.4) is 0 Å². The average Bonchev–Trinajstić information content (AvgIpc) is 2.20. The van der Waals surface area contributed by atoms with Gasteiger partial charge in [0.25, 0.3) is 0 Å². The van der Waals surface area contributed by atoms with E-state index in [1.807, 2.05) is 0 Å². The molecule has 0 aliphatic rings. The predicted octanol–water partition coefficient (Wildman–Crippen LogP) is 1.86. The van der Waals surface area contributed by atoms with Gasteiger partial charge in [0.1, 0.15) is 0 Å². The van der Waals surface area contributed by atoms with Crippen LogP contribution >= 0.6 is 0 Å². The van der Waals surface area contributed by atoms with Crippen LogP contribution in [0, 0.1) is 24.0 Å². The average molecular weight is 200 g/mol. The molecule has 76 valence electrons. The molecule has 0 unspecified atom stereocenters. The molecule has 0 saturated carbocycles. The van der Waals surface area contributed by atoms with E-state index < -0.39 is 11.6 Å². The van der Waals surface area contributed by atoms with Gasteiger partial charge in [-0.2, -0.15) is 0 Å². The van der Waals surface area contributed by atoms with Crippen molar-refractivity contribution in [2.75, 3.05) is 12.8 Å². The van der Waals surface area contributed by atoms with Crippen molar-refractivity contribution in [1.82, 2.24) is 0 Å². The van der Waals surface area contributed by atoms with Crippen molar-refractivity contribution in [3.8, 4) is 5.75 Å². The number of hydrogen-bond acceptors (Lipinski definition) is 3. The molecule has 0 aliphatic carbocycles. The second-order valence-corrected chi connectivity index (χ2v) is 2.76. The van der Waals surface area contributed by atoms with Gasteiger partial charge < -0.3 is 15.9 Å². The summed E-state index contributed by atoms with van der Waals surface area (Å²) in [6.07, 6.45) is 0.764. The maximum absolute atomic E-state index is 13.4. The fourth-order valence-corrected chi connectivity index (χ4v) is 1.17. The van der Waals surface area contributed by atoms with Crippen molar-refractivity contribution in [2.45, 2.75) is 6.92 Å². The Morgan fingerprint density at radius 3 is 2.36 bits per heavy atom. The third kappa shape index (κ3) is 1.30. The first kappa shape index (κ1) is 10.4. The molecule has 0 aromatic heterocycles. The van der Waals surface area contributed by atoms with E-state index in [4.69, 9.17) is 15.9 Å². The predicted molar refractivity (Wildman–Crippen MR) is 49.9 cm³/mol. The number of nitrogens with one attached hydrogen (secondary N) is 1. The lowest BCUT2D eigenvalue weighted by Crippen LogP contribution is -2.06. The zero-order chi connectivity index (χ0) is 10.9. The minimum atomic E-state index is -0.846. The summed E-state index contributed by atoms with van der Waals surface area (Å²) >= 11 is 0. The third-order valence-electron chi connectivity index (χ3n) is 1.98. The molecule has 0 heterocycles. The summed E-state index contributed by atoms with van der Waals surface area (Å²) in [6, 6.07) is 0. The summed E-state index contributed by atoms with van der Waals surface area (Å²) in [5.41, 5.74) is 4.82. The molecular formula is C9H10F2N2O. The summed E-state index contributed by atoms with van der Waals surface area (Å²) in [6.45, 7) is 1.26. The Balaban J connectivity index is 3.65. The number of anilines is 1. The first-order chi connectivity index (χ1) is 6.54. The third-order valence-corrected chi connectivity index (χ3v) is 1.98. The van der Waals surface area contributed by atoms with Gasteiger partial charge in [0.2, 0.25) is 0 Å². The monoisotopic (exact) mass is 200 g/mol. The Labute approximate surface area is 80.0 Å². The number of benzene rings is 1. The van der Waals surface area contributed by atoms with E-state index in [9.17, 15) is 8.78 Å². The highest BCUT2D eigenvalue weighted by atomic mass is 19.1. The summed E-state index contributed by atoms with van der Waals surface area (Å²) in [5.74, 6) is -1.86. The number of nitrogen functional groups attached to an aromatic ring is 1. The van der Waals surface area contributed by atoms with E-state index in [2.05, 4.69) is 0 Å². The molecule has 1 rings (SSSR count). The van der Waals surface area contributed by atoms with E-state index in [1.54, 1.807) is 0 Å². The van der Waals surface area contributed by atoms with Gasteiger partial charge in [0, 0.05) is 11.8 Å². The van der Waals surface area contributed by atoms with Gasteiger partial charge in [0.05, 0.1) is 18.4 Å². The SMILES string of the molecule is COc1c(F)c(C)c(F)c(N)c1C=N. The maximum atomic E-state index is 13.4. The van der Waals surface area contributed by atoms with Crippen LogP contribution in [0.4, 0.5) is 14.5 Å². The van der Waals surface area contributed by atoms with Gasteiger partial charge in [-0.15, -0.1) is 0 Å². The summed E-state index contributed by atoms with van der Waals surface area (Å²) in [5, 5.41) is 6.97. The Kier molecular flexibility index (Phi) is 2.69. The molecule has 5 heteroatoms. The first-order valence-electron chi connectivity index (χ1n) is 3.86. The fourth-order valence-electron chi connectivity index (χ4n) is 1.17. The molecule has 0 amide bonds. The van der Waals surface area contributed by atoms with Crippen LogP contribution in [0.2, 0.25) is 0 Å². The maximum Gasteiger partial charge on any atom is 0.171 e. The second kappa shape index (κ2) is 3.61. The molecule has 3 nitrogen and oxygen atoms in total. The van der Waals surface area contributed by atoms with Gasteiger partial charge in [-0.25, -0.2) is 8.78 Å². The molecule has 0 aliphatic heterocycles. The van der Waals surface area contributed by atoms with Crippen LogP contribution in [-0.2, 0) is 0 Å². The van der Waals surface area contributed by atoms with Crippen molar-refractivity contribution in [1.29, 1.82) is 5.41 Å². The molecule has 0 bridgehead atoms. The molecule has 14 heavy (non-hydrogen) atoms. The highest BCUT2D eigenvalue weighted by Gasteiger charge is 2.19. The largest absolute Gasteiger partial charge is 0.493 e. The van der Waals surface area contributed by atoms with Crippen LogP contribution in [0.15, 0.2) is 0 Å². The smallest absolute Gasteiger partial charge is 0.171 e. The van der Waals surface area contributed by atoms with Gasteiger partial charge in [-0.05, 0) is 6.92 Å². The van der Waals surface area contributed by atoms with Gasteiger partial charge in [-0.1, -0.05) is 0 Å². The van der Waals surface area contributed by atoms with Crippen molar-refractivity contribution in [2.24, 2.45) is 0 Å². The zero-order valence-electron chi connectivity index (χ0n) is 7.82. The Hall–Kier alpha value is -1.65. The summed E-state index contributed by atoms with van der Waals surface area (Å²) in [7, 11) is 1.24. The lowest BCUT2D eigenvalue weighted by molar-refractivity contribution is 0.382. The Morgan fingerprint density at radius 1 is 1.36 bits per heavy atom. The standard InChI is InChI=1S/C9H10F2N2O/c1-4-6(10)8(13)5(3-12)9(14-2)7(4)11/h3,12H,13H2,1-2H3. The number of rotatable bonds is 2. The topological polar surface area (TPSA) is 59.1 Å². The van der Waals surface area contributed by atoms with Crippen molar-refractivity contribution in [3.63, 3.8) is 0 Å². The van der Waals surface area contributed by atoms with Crippen LogP contribution < -0.4 is 10.5 Å². The normalized spacial score (nSPS) is 10.0. The molecule has 3 N–H and O–H groups in total. The number of hydrogen-bond donors (Lipinski definition) is 2. The van der Waals surface area contributed by atoms with E-state index in [1.165, 1.54) is 14.0 Å². The highest BCUT2D eigenvalue weighted by Crippen LogP contribution is 2.31. The number of ether oxygens (including phenoxy) is 1. The van der Waals surface area contributed by atoms with E-state index in [0.29, 0.717) is 0 Å². The van der Waals surface area contributed by atoms with Gasteiger partial charge >= 0.3 is 0 Å². The van der Waals surface area contributed by atoms with Gasteiger partial charge in [0.15, 0.2) is 17.4 Å². The van der Waals surface area contributed by atoms with E-state index >= 15 is 0 Å². The lowest BCUT2D eigenvalue weighted by Gasteiger charge is -2.11. The molecular weight excluding hydrogens is 190 g/mol. The van der Waals surface area contributed by atoms with Crippen molar-refractivity contribution < 1.29 is 13.5 Å². The van der Waals surface area contributed by atoms with Crippen LogP contribution in [0.5, 0.6) is 5.75 Å². The lowest BCUT2D eigenvalue weighted by atomic mass is 10.1. The van der Waals surface area contributed by atoms with E-state index in [-0.39, 0.29) is 22.6 Å². The van der Waals surface area contributed by atoms with Crippen LogP contribution in [-0.4, -0.2) is 13.3 Å².